The SMILES string of the molecule is NCCNCCN1CCN([C@@H]2C[C@@H](c3ccc(F)cc3)c3cc(F)ccc32)CC1. The van der Waals surface area contributed by atoms with Gasteiger partial charge in [0.05, 0.1) is 0 Å². The molecule has 0 aromatic heterocycles. The van der Waals surface area contributed by atoms with E-state index in [4.69, 9.17) is 5.73 Å². The molecule has 0 saturated carbocycles. The molecular formula is C23H30F2N4. The fraction of sp³-hybridized carbons (Fsp3) is 0.478. The van der Waals surface area contributed by atoms with Gasteiger partial charge in [0.2, 0.25) is 0 Å². The number of benzene rings is 2. The molecule has 1 saturated heterocycles. The van der Waals surface area contributed by atoms with Crippen LogP contribution in [0.3, 0.4) is 0 Å². The van der Waals surface area contributed by atoms with Gasteiger partial charge in [-0.1, -0.05) is 18.2 Å². The van der Waals surface area contributed by atoms with Gasteiger partial charge in [-0.3, -0.25) is 9.80 Å². The Morgan fingerprint density at radius 1 is 0.897 bits per heavy atom. The lowest BCUT2D eigenvalue weighted by Gasteiger charge is -2.38. The number of fused-ring (bicyclic) bond motifs is 1. The van der Waals surface area contributed by atoms with Crippen molar-refractivity contribution in [3.63, 3.8) is 0 Å². The van der Waals surface area contributed by atoms with Crippen LogP contribution >= 0.6 is 0 Å². The summed E-state index contributed by atoms with van der Waals surface area (Å²) in [6.45, 7) is 7.64. The number of piperazine rings is 1. The van der Waals surface area contributed by atoms with Crippen molar-refractivity contribution in [3.05, 3.63) is 70.8 Å². The number of halogens is 2. The van der Waals surface area contributed by atoms with Gasteiger partial charge < -0.3 is 11.1 Å². The number of nitrogens with zero attached hydrogens (tertiary/aromatic N) is 2. The smallest absolute Gasteiger partial charge is 0.123 e. The van der Waals surface area contributed by atoms with Crippen LogP contribution in [0.25, 0.3) is 0 Å². The van der Waals surface area contributed by atoms with E-state index in [1.54, 1.807) is 12.1 Å². The van der Waals surface area contributed by atoms with E-state index in [-0.39, 0.29) is 23.6 Å². The minimum Gasteiger partial charge on any atom is -0.329 e. The predicted molar refractivity (Wildman–Crippen MR) is 112 cm³/mol. The summed E-state index contributed by atoms with van der Waals surface area (Å²) >= 11 is 0. The molecule has 3 N–H and O–H groups in total. The number of rotatable bonds is 7. The first-order valence-electron chi connectivity index (χ1n) is 10.6. The summed E-state index contributed by atoms with van der Waals surface area (Å²) in [6.07, 6.45) is 0.919. The van der Waals surface area contributed by atoms with E-state index >= 15 is 0 Å². The van der Waals surface area contributed by atoms with Crippen LogP contribution in [0.1, 0.15) is 35.1 Å². The maximum Gasteiger partial charge on any atom is 0.123 e. The zero-order valence-electron chi connectivity index (χ0n) is 16.8. The molecule has 1 heterocycles. The molecule has 0 radical (unpaired) electrons. The van der Waals surface area contributed by atoms with Gasteiger partial charge in [-0.15, -0.1) is 0 Å². The number of nitrogens with two attached hydrogens (primary N) is 1. The van der Waals surface area contributed by atoms with Gasteiger partial charge >= 0.3 is 0 Å². The van der Waals surface area contributed by atoms with E-state index in [2.05, 4.69) is 15.1 Å². The summed E-state index contributed by atoms with van der Waals surface area (Å²) < 4.78 is 27.4. The second-order valence-electron chi connectivity index (χ2n) is 8.05. The summed E-state index contributed by atoms with van der Waals surface area (Å²) in [5.74, 6) is -0.323. The van der Waals surface area contributed by atoms with Crippen LogP contribution in [0.2, 0.25) is 0 Å². The summed E-state index contributed by atoms with van der Waals surface area (Å²) in [7, 11) is 0. The van der Waals surface area contributed by atoms with Crippen molar-refractivity contribution in [2.45, 2.75) is 18.4 Å². The van der Waals surface area contributed by atoms with Crippen molar-refractivity contribution in [3.8, 4) is 0 Å². The van der Waals surface area contributed by atoms with Crippen molar-refractivity contribution >= 4 is 0 Å². The Morgan fingerprint density at radius 3 is 2.34 bits per heavy atom. The van der Waals surface area contributed by atoms with Crippen LogP contribution in [0.15, 0.2) is 42.5 Å². The lowest BCUT2D eigenvalue weighted by Crippen LogP contribution is -2.49. The van der Waals surface area contributed by atoms with E-state index in [0.717, 1.165) is 63.4 Å². The third kappa shape index (κ3) is 4.67. The third-order valence-corrected chi connectivity index (χ3v) is 6.29. The van der Waals surface area contributed by atoms with Gasteiger partial charge in [-0.05, 0) is 47.4 Å². The van der Waals surface area contributed by atoms with Gasteiger partial charge in [0.15, 0.2) is 0 Å². The Kier molecular flexibility index (Phi) is 6.55. The predicted octanol–water partition coefficient (Wildman–Crippen LogP) is 2.71. The van der Waals surface area contributed by atoms with Crippen LogP contribution in [0.4, 0.5) is 8.78 Å². The normalized spacial score (nSPS) is 22.7. The van der Waals surface area contributed by atoms with Gasteiger partial charge in [-0.25, -0.2) is 8.78 Å². The van der Waals surface area contributed by atoms with E-state index in [0.29, 0.717) is 6.54 Å². The fourth-order valence-electron chi connectivity index (χ4n) is 4.75. The van der Waals surface area contributed by atoms with Gasteiger partial charge in [0, 0.05) is 64.3 Å². The Morgan fingerprint density at radius 2 is 1.62 bits per heavy atom. The number of hydrogen-bond acceptors (Lipinski definition) is 4. The largest absolute Gasteiger partial charge is 0.329 e. The zero-order chi connectivity index (χ0) is 20.2. The molecule has 4 nitrogen and oxygen atoms in total. The highest BCUT2D eigenvalue weighted by Gasteiger charge is 2.36. The quantitative estimate of drug-likeness (QED) is 0.702. The Bertz CT molecular complexity index is 803. The molecule has 2 aromatic carbocycles. The molecule has 4 rings (SSSR count). The van der Waals surface area contributed by atoms with Gasteiger partial charge in [0.25, 0.3) is 0 Å². The van der Waals surface area contributed by atoms with Gasteiger partial charge in [-0.2, -0.15) is 0 Å². The minimum absolute atomic E-state index is 0.116. The molecule has 2 atom stereocenters. The number of hydrogen-bond donors (Lipinski definition) is 2. The molecule has 0 spiro atoms. The monoisotopic (exact) mass is 400 g/mol. The minimum atomic E-state index is -0.236. The van der Waals surface area contributed by atoms with Crippen molar-refractivity contribution in [2.24, 2.45) is 5.73 Å². The molecule has 1 fully saturated rings. The lowest BCUT2D eigenvalue weighted by atomic mass is 9.93. The highest BCUT2D eigenvalue weighted by Crippen LogP contribution is 2.47. The van der Waals surface area contributed by atoms with Crippen LogP contribution in [-0.2, 0) is 0 Å². The van der Waals surface area contributed by atoms with Crippen molar-refractivity contribution < 1.29 is 8.78 Å². The van der Waals surface area contributed by atoms with Crippen LogP contribution < -0.4 is 11.1 Å². The molecule has 0 amide bonds. The highest BCUT2D eigenvalue weighted by molar-refractivity contribution is 5.45. The molecular weight excluding hydrogens is 370 g/mol. The van der Waals surface area contributed by atoms with Crippen LogP contribution in [0.5, 0.6) is 0 Å². The third-order valence-electron chi connectivity index (χ3n) is 6.29. The molecule has 156 valence electrons. The molecule has 2 aromatic rings. The standard InChI is InChI=1S/C23H30F2N4/c24-18-3-1-17(2-4-18)21-16-23(20-6-5-19(25)15-22(20)21)29-13-11-28(12-14-29)10-9-27-8-7-26/h1-6,15,21,23,27H,7-14,16,26H2/t21-,23+/m0/s1. The Balaban J connectivity index is 1.45. The first-order valence-corrected chi connectivity index (χ1v) is 10.6. The summed E-state index contributed by atoms with van der Waals surface area (Å²) in [5, 5.41) is 3.35. The fourth-order valence-corrected chi connectivity index (χ4v) is 4.75. The van der Waals surface area contributed by atoms with E-state index in [1.807, 2.05) is 18.2 Å². The first kappa shape index (κ1) is 20.4. The summed E-state index contributed by atoms with van der Waals surface area (Å²) in [6, 6.07) is 12.1. The van der Waals surface area contributed by atoms with Crippen LogP contribution in [0, 0.1) is 11.6 Å². The molecule has 2 aliphatic rings. The van der Waals surface area contributed by atoms with Gasteiger partial charge in [0.1, 0.15) is 11.6 Å². The Labute approximate surface area is 171 Å². The molecule has 0 unspecified atom stereocenters. The van der Waals surface area contributed by atoms with E-state index in [1.165, 1.54) is 17.7 Å². The second kappa shape index (κ2) is 9.30. The molecule has 0 bridgehead atoms. The maximum absolute atomic E-state index is 14.0. The highest BCUT2D eigenvalue weighted by atomic mass is 19.1. The lowest BCUT2D eigenvalue weighted by molar-refractivity contribution is 0.0954. The summed E-state index contributed by atoms with van der Waals surface area (Å²) in [5.41, 5.74) is 8.85. The van der Waals surface area contributed by atoms with Crippen molar-refractivity contribution in [1.29, 1.82) is 0 Å². The van der Waals surface area contributed by atoms with E-state index in [9.17, 15) is 8.78 Å². The van der Waals surface area contributed by atoms with E-state index < -0.39 is 0 Å². The summed E-state index contributed by atoms with van der Waals surface area (Å²) in [4.78, 5) is 5.02. The van der Waals surface area contributed by atoms with Crippen molar-refractivity contribution in [1.82, 2.24) is 15.1 Å². The van der Waals surface area contributed by atoms with Crippen LogP contribution in [-0.4, -0.2) is 62.2 Å². The average molecular weight is 401 g/mol. The van der Waals surface area contributed by atoms with Crippen molar-refractivity contribution in [2.75, 3.05) is 52.4 Å². The number of nitrogens with one attached hydrogen (secondary N) is 1. The second-order valence-corrected chi connectivity index (χ2v) is 8.05. The average Bonchev–Trinajstić information content (AvgIpc) is 3.11. The molecule has 29 heavy (non-hydrogen) atoms. The Hall–Kier alpha value is -1.86. The molecule has 6 heteroatoms. The molecule has 1 aliphatic heterocycles. The molecule has 1 aliphatic carbocycles. The maximum atomic E-state index is 14.0. The first-order chi connectivity index (χ1) is 14.2. The topological polar surface area (TPSA) is 44.5 Å². The zero-order valence-corrected chi connectivity index (χ0v) is 16.8.